The summed E-state index contributed by atoms with van der Waals surface area (Å²) in [4.78, 5) is 38.8. The summed E-state index contributed by atoms with van der Waals surface area (Å²) >= 11 is 6.06. The lowest BCUT2D eigenvalue weighted by atomic mass is 9.92. The highest BCUT2D eigenvalue weighted by Gasteiger charge is 2.55. The van der Waals surface area contributed by atoms with Crippen LogP contribution in [0.25, 0.3) is 0 Å². The summed E-state index contributed by atoms with van der Waals surface area (Å²) in [7, 11) is 0. The van der Waals surface area contributed by atoms with Crippen molar-refractivity contribution >= 4 is 35.1 Å². The quantitative estimate of drug-likeness (QED) is 0.800. The number of carbonyl (C=O) groups excluding carboxylic acids is 3. The monoisotopic (exact) mass is 383 g/mol. The first-order chi connectivity index (χ1) is 12.9. The van der Waals surface area contributed by atoms with Crippen molar-refractivity contribution in [1.82, 2.24) is 10.2 Å². The second-order valence-corrected chi connectivity index (χ2v) is 7.30. The molecule has 7 heteroatoms. The van der Waals surface area contributed by atoms with Crippen LogP contribution in [0.3, 0.4) is 0 Å². The van der Waals surface area contributed by atoms with E-state index < -0.39 is 17.5 Å². The predicted molar refractivity (Wildman–Crippen MR) is 102 cm³/mol. The number of fused-ring (bicyclic) bond motifs is 2. The Labute approximate surface area is 161 Å². The number of halogens is 1. The Morgan fingerprint density at radius 1 is 1.26 bits per heavy atom. The molecule has 1 atom stereocenters. The van der Waals surface area contributed by atoms with Crippen LogP contribution in [0.4, 0.5) is 10.5 Å². The Hall–Kier alpha value is -2.86. The maximum atomic E-state index is 13.0. The molecule has 6 nitrogen and oxygen atoms in total. The van der Waals surface area contributed by atoms with E-state index in [1.54, 1.807) is 18.2 Å². The van der Waals surface area contributed by atoms with Crippen molar-refractivity contribution in [1.29, 1.82) is 0 Å². The molecule has 138 valence electrons. The number of nitrogens with one attached hydrogen (secondary N) is 2. The Morgan fingerprint density at radius 2 is 2.04 bits per heavy atom. The molecule has 0 saturated carbocycles. The number of hydrogen-bond donors (Lipinski definition) is 2. The third kappa shape index (κ3) is 2.86. The molecule has 0 bridgehead atoms. The first-order valence-corrected chi connectivity index (χ1v) is 9.07. The molecule has 0 radical (unpaired) electrons. The van der Waals surface area contributed by atoms with Gasteiger partial charge in [-0.3, -0.25) is 14.5 Å². The second-order valence-electron chi connectivity index (χ2n) is 6.90. The Morgan fingerprint density at radius 3 is 2.81 bits per heavy atom. The summed E-state index contributed by atoms with van der Waals surface area (Å²) in [6.07, 6.45) is 1.21. The van der Waals surface area contributed by atoms with Crippen LogP contribution in [0.1, 0.15) is 23.1 Å². The van der Waals surface area contributed by atoms with Crippen LogP contribution in [-0.2, 0) is 21.5 Å². The SMILES string of the molecule is Cc1ccc(NC(=O)CN2C(=O)N[C@@]3(CCc4ccccc43)C2=O)cc1Cl. The molecule has 1 fully saturated rings. The number of carbonyl (C=O) groups is 3. The summed E-state index contributed by atoms with van der Waals surface area (Å²) in [5, 5.41) is 6.02. The lowest BCUT2D eigenvalue weighted by molar-refractivity contribution is -0.134. The molecule has 0 unspecified atom stereocenters. The maximum absolute atomic E-state index is 13.0. The molecule has 27 heavy (non-hydrogen) atoms. The number of anilines is 1. The molecule has 1 aliphatic heterocycles. The molecule has 4 rings (SSSR count). The first-order valence-electron chi connectivity index (χ1n) is 8.69. The van der Waals surface area contributed by atoms with Gasteiger partial charge in [-0.15, -0.1) is 0 Å². The minimum Gasteiger partial charge on any atom is -0.324 e. The minimum absolute atomic E-state index is 0.347. The average molecular weight is 384 g/mol. The fraction of sp³-hybridized carbons (Fsp3) is 0.250. The number of benzene rings is 2. The van der Waals surface area contributed by atoms with E-state index in [4.69, 9.17) is 11.6 Å². The van der Waals surface area contributed by atoms with E-state index in [2.05, 4.69) is 10.6 Å². The Kier molecular flexibility index (Phi) is 4.15. The molecule has 4 amide bonds. The van der Waals surface area contributed by atoms with E-state index in [1.807, 2.05) is 31.2 Å². The van der Waals surface area contributed by atoms with Crippen LogP contribution >= 0.6 is 11.6 Å². The van der Waals surface area contributed by atoms with Crippen molar-refractivity contribution in [2.45, 2.75) is 25.3 Å². The number of amides is 4. The van der Waals surface area contributed by atoms with Crippen molar-refractivity contribution in [3.8, 4) is 0 Å². The fourth-order valence-corrected chi connectivity index (χ4v) is 3.93. The van der Waals surface area contributed by atoms with Gasteiger partial charge in [-0.05, 0) is 48.6 Å². The number of aryl methyl sites for hydroxylation is 2. The second kappa shape index (κ2) is 6.39. The zero-order valence-corrected chi connectivity index (χ0v) is 15.5. The van der Waals surface area contributed by atoms with Gasteiger partial charge < -0.3 is 10.6 Å². The molecule has 0 aromatic heterocycles. The van der Waals surface area contributed by atoms with Gasteiger partial charge in [0.15, 0.2) is 0 Å². The number of nitrogens with zero attached hydrogens (tertiary/aromatic N) is 1. The lowest BCUT2D eigenvalue weighted by Crippen LogP contribution is -2.43. The first kappa shape index (κ1) is 17.5. The van der Waals surface area contributed by atoms with Gasteiger partial charge >= 0.3 is 6.03 Å². The van der Waals surface area contributed by atoms with Crippen molar-refractivity contribution in [3.63, 3.8) is 0 Å². The molecule has 1 spiro atoms. The molecular formula is C20H18ClN3O3. The summed E-state index contributed by atoms with van der Waals surface area (Å²) in [6.45, 7) is 1.51. The largest absolute Gasteiger partial charge is 0.325 e. The van der Waals surface area contributed by atoms with Crippen LogP contribution in [0.15, 0.2) is 42.5 Å². The predicted octanol–water partition coefficient (Wildman–Crippen LogP) is 2.98. The minimum atomic E-state index is -1.05. The molecule has 2 N–H and O–H groups in total. The van der Waals surface area contributed by atoms with Gasteiger partial charge in [0.2, 0.25) is 5.91 Å². The molecule has 2 aromatic carbocycles. The van der Waals surface area contributed by atoms with E-state index in [0.717, 1.165) is 21.6 Å². The zero-order valence-electron chi connectivity index (χ0n) is 14.7. The summed E-state index contributed by atoms with van der Waals surface area (Å²) in [5.41, 5.74) is 2.22. The van der Waals surface area contributed by atoms with Crippen LogP contribution < -0.4 is 10.6 Å². The fourth-order valence-electron chi connectivity index (χ4n) is 3.75. The van der Waals surface area contributed by atoms with E-state index >= 15 is 0 Å². The highest BCUT2D eigenvalue weighted by molar-refractivity contribution is 6.31. The van der Waals surface area contributed by atoms with Crippen molar-refractivity contribution < 1.29 is 14.4 Å². The molecule has 1 aliphatic carbocycles. The van der Waals surface area contributed by atoms with Gasteiger partial charge in [0, 0.05) is 10.7 Å². The normalized spacial score (nSPS) is 20.7. The highest BCUT2D eigenvalue weighted by atomic mass is 35.5. The van der Waals surface area contributed by atoms with E-state index in [1.165, 1.54) is 0 Å². The number of imide groups is 1. The van der Waals surface area contributed by atoms with Gasteiger partial charge in [0.25, 0.3) is 5.91 Å². The van der Waals surface area contributed by atoms with Gasteiger partial charge in [0.1, 0.15) is 12.1 Å². The highest BCUT2D eigenvalue weighted by Crippen LogP contribution is 2.41. The van der Waals surface area contributed by atoms with Crippen LogP contribution in [0.5, 0.6) is 0 Å². The summed E-state index contributed by atoms with van der Waals surface area (Å²) in [6, 6.07) is 12.2. The van der Waals surface area contributed by atoms with Gasteiger partial charge in [0.05, 0.1) is 0 Å². The van der Waals surface area contributed by atoms with Crippen molar-refractivity contribution in [3.05, 3.63) is 64.2 Å². The Balaban J connectivity index is 1.52. The van der Waals surface area contributed by atoms with Crippen LogP contribution in [0.2, 0.25) is 5.02 Å². The van der Waals surface area contributed by atoms with Gasteiger partial charge in [-0.2, -0.15) is 0 Å². The number of hydrogen-bond acceptors (Lipinski definition) is 3. The smallest absolute Gasteiger partial charge is 0.324 e. The van der Waals surface area contributed by atoms with E-state index in [0.29, 0.717) is 23.6 Å². The summed E-state index contributed by atoms with van der Waals surface area (Å²) in [5.74, 6) is -0.837. The topological polar surface area (TPSA) is 78.5 Å². The molecular weight excluding hydrogens is 366 g/mol. The summed E-state index contributed by atoms with van der Waals surface area (Å²) < 4.78 is 0. The third-order valence-electron chi connectivity index (χ3n) is 5.18. The zero-order chi connectivity index (χ0) is 19.2. The van der Waals surface area contributed by atoms with Crippen LogP contribution in [0, 0.1) is 6.92 Å². The van der Waals surface area contributed by atoms with E-state index in [-0.39, 0.29) is 12.5 Å². The Bertz CT molecular complexity index is 975. The maximum Gasteiger partial charge on any atom is 0.325 e. The lowest BCUT2D eigenvalue weighted by Gasteiger charge is -2.22. The van der Waals surface area contributed by atoms with Gasteiger partial charge in [-0.25, -0.2) is 4.79 Å². The number of rotatable bonds is 3. The number of urea groups is 1. The third-order valence-corrected chi connectivity index (χ3v) is 5.59. The van der Waals surface area contributed by atoms with Crippen molar-refractivity contribution in [2.75, 3.05) is 11.9 Å². The van der Waals surface area contributed by atoms with Gasteiger partial charge in [-0.1, -0.05) is 41.9 Å². The molecule has 1 heterocycles. The van der Waals surface area contributed by atoms with Crippen molar-refractivity contribution in [2.24, 2.45) is 0 Å². The molecule has 2 aromatic rings. The molecule has 2 aliphatic rings. The average Bonchev–Trinajstić information content (AvgIpc) is 3.12. The van der Waals surface area contributed by atoms with E-state index in [9.17, 15) is 14.4 Å². The van der Waals surface area contributed by atoms with Crippen LogP contribution in [-0.4, -0.2) is 29.3 Å². The standard InChI is InChI=1S/C20H18ClN3O3/c1-12-6-7-14(10-16(12)21)22-17(25)11-24-18(26)20(23-19(24)27)9-8-13-4-2-3-5-15(13)20/h2-7,10H,8-9,11H2,1H3,(H,22,25)(H,23,27)/t20-/m1/s1. The molecule has 1 saturated heterocycles.